The van der Waals surface area contributed by atoms with Crippen molar-refractivity contribution in [2.24, 2.45) is 4.99 Å². The van der Waals surface area contributed by atoms with Gasteiger partial charge in [0.1, 0.15) is 0 Å². The first kappa shape index (κ1) is 17.6. The lowest BCUT2D eigenvalue weighted by Crippen LogP contribution is -2.39. The van der Waals surface area contributed by atoms with E-state index in [1.165, 1.54) is 0 Å². The zero-order valence-corrected chi connectivity index (χ0v) is 14.4. The topological polar surface area (TPSA) is 49.8 Å². The van der Waals surface area contributed by atoms with E-state index in [2.05, 4.69) is 20.7 Å². The zero-order valence-electron chi connectivity index (χ0n) is 11.3. The lowest BCUT2D eigenvalue weighted by molar-refractivity contribution is 0.203. The van der Waals surface area contributed by atoms with Gasteiger partial charge in [-0.15, -0.1) is 35.3 Å². The van der Waals surface area contributed by atoms with Crippen LogP contribution in [0.25, 0.3) is 0 Å². The molecular formula is C11H21IN4OS. The SMILES string of the molecule is CN=C(NCCOC)N(C)Cc1csc(C)n1.I. The highest BCUT2D eigenvalue weighted by molar-refractivity contribution is 14.0. The van der Waals surface area contributed by atoms with Crippen molar-refractivity contribution >= 4 is 41.3 Å². The molecular weight excluding hydrogens is 363 g/mol. The van der Waals surface area contributed by atoms with E-state index >= 15 is 0 Å². The molecule has 1 N–H and O–H groups in total. The van der Waals surface area contributed by atoms with Gasteiger partial charge < -0.3 is 15.0 Å². The van der Waals surface area contributed by atoms with E-state index in [0.717, 1.165) is 29.8 Å². The smallest absolute Gasteiger partial charge is 0.193 e. The minimum atomic E-state index is 0. The molecule has 0 aliphatic heterocycles. The minimum Gasteiger partial charge on any atom is -0.383 e. The molecule has 0 fully saturated rings. The number of aromatic nitrogens is 1. The minimum absolute atomic E-state index is 0. The van der Waals surface area contributed by atoms with E-state index in [0.29, 0.717) is 6.61 Å². The quantitative estimate of drug-likeness (QED) is 0.364. The van der Waals surface area contributed by atoms with Crippen molar-refractivity contribution in [1.29, 1.82) is 0 Å². The number of ether oxygens (including phenoxy) is 1. The Morgan fingerprint density at radius 3 is 2.83 bits per heavy atom. The summed E-state index contributed by atoms with van der Waals surface area (Å²) in [5.41, 5.74) is 1.07. The first-order chi connectivity index (χ1) is 8.17. The molecule has 0 amide bonds. The predicted octanol–water partition coefficient (Wildman–Crippen LogP) is 1.72. The van der Waals surface area contributed by atoms with Crippen LogP contribution in [0, 0.1) is 6.92 Å². The Balaban J connectivity index is 0.00000289. The molecule has 1 rings (SSSR count). The van der Waals surface area contributed by atoms with Crippen LogP contribution < -0.4 is 5.32 Å². The Morgan fingerprint density at radius 1 is 1.61 bits per heavy atom. The zero-order chi connectivity index (χ0) is 12.7. The molecule has 0 aromatic carbocycles. The van der Waals surface area contributed by atoms with Crippen molar-refractivity contribution in [3.05, 3.63) is 16.1 Å². The highest BCUT2D eigenvalue weighted by Gasteiger charge is 2.07. The number of halogens is 1. The third kappa shape index (κ3) is 5.96. The highest BCUT2D eigenvalue weighted by atomic mass is 127. The molecule has 5 nitrogen and oxygen atoms in total. The summed E-state index contributed by atoms with van der Waals surface area (Å²) in [5.74, 6) is 0.854. The summed E-state index contributed by atoms with van der Waals surface area (Å²) in [7, 11) is 5.46. The van der Waals surface area contributed by atoms with Gasteiger partial charge in [0, 0.05) is 33.1 Å². The highest BCUT2D eigenvalue weighted by Crippen LogP contribution is 2.09. The van der Waals surface area contributed by atoms with Crippen LogP contribution in [-0.4, -0.2) is 50.2 Å². The number of thiazole rings is 1. The standard InChI is InChI=1S/C11H20N4OS.HI/c1-9-14-10(8-17-9)7-15(3)11(12-2)13-5-6-16-4;/h8H,5-7H2,1-4H3,(H,12,13);1H. The summed E-state index contributed by atoms with van der Waals surface area (Å²) in [6.45, 7) is 4.20. The van der Waals surface area contributed by atoms with Crippen LogP contribution >= 0.6 is 35.3 Å². The molecule has 0 saturated heterocycles. The summed E-state index contributed by atoms with van der Waals surface area (Å²) in [6, 6.07) is 0. The molecule has 104 valence electrons. The average molecular weight is 384 g/mol. The summed E-state index contributed by atoms with van der Waals surface area (Å²) >= 11 is 1.67. The van der Waals surface area contributed by atoms with E-state index < -0.39 is 0 Å². The van der Waals surface area contributed by atoms with Gasteiger partial charge in [-0.1, -0.05) is 0 Å². The third-order valence-electron chi connectivity index (χ3n) is 2.23. The summed E-state index contributed by atoms with van der Waals surface area (Å²) in [5, 5.41) is 6.39. The van der Waals surface area contributed by atoms with Crippen LogP contribution in [-0.2, 0) is 11.3 Å². The maximum atomic E-state index is 4.99. The van der Waals surface area contributed by atoms with E-state index in [1.54, 1.807) is 25.5 Å². The van der Waals surface area contributed by atoms with Gasteiger partial charge in [0.25, 0.3) is 0 Å². The van der Waals surface area contributed by atoms with Crippen molar-refractivity contribution in [1.82, 2.24) is 15.2 Å². The van der Waals surface area contributed by atoms with E-state index in [-0.39, 0.29) is 24.0 Å². The fourth-order valence-electron chi connectivity index (χ4n) is 1.45. The van der Waals surface area contributed by atoms with Crippen molar-refractivity contribution in [3.8, 4) is 0 Å². The van der Waals surface area contributed by atoms with Crippen molar-refractivity contribution in [2.45, 2.75) is 13.5 Å². The van der Waals surface area contributed by atoms with E-state index in [9.17, 15) is 0 Å². The molecule has 0 saturated carbocycles. The molecule has 0 atom stereocenters. The van der Waals surface area contributed by atoms with Gasteiger partial charge in [-0.25, -0.2) is 4.98 Å². The third-order valence-corrected chi connectivity index (χ3v) is 3.05. The number of hydrogen-bond donors (Lipinski definition) is 1. The van der Waals surface area contributed by atoms with Gasteiger partial charge in [0.05, 0.1) is 23.9 Å². The molecule has 7 heteroatoms. The molecule has 0 bridgehead atoms. The molecule has 0 aliphatic carbocycles. The largest absolute Gasteiger partial charge is 0.383 e. The second-order valence-electron chi connectivity index (χ2n) is 3.68. The second-order valence-corrected chi connectivity index (χ2v) is 4.74. The van der Waals surface area contributed by atoms with Crippen molar-refractivity contribution in [3.63, 3.8) is 0 Å². The van der Waals surface area contributed by atoms with E-state index in [4.69, 9.17) is 4.74 Å². The van der Waals surface area contributed by atoms with Gasteiger partial charge in [-0.3, -0.25) is 4.99 Å². The van der Waals surface area contributed by atoms with Crippen LogP contribution in [0.15, 0.2) is 10.4 Å². The molecule has 0 aliphatic rings. The number of rotatable bonds is 5. The Kier molecular flexibility index (Phi) is 9.29. The lowest BCUT2D eigenvalue weighted by Gasteiger charge is -2.20. The number of hydrogen-bond acceptors (Lipinski definition) is 4. The van der Waals surface area contributed by atoms with Crippen molar-refractivity contribution in [2.75, 3.05) is 34.4 Å². The number of aliphatic imine (C=N–C) groups is 1. The Labute approximate surface area is 130 Å². The maximum absolute atomic E-state index is 4.99. The predicted molar refractivity (Wildman–Crippen MR) is 87.0 cm³/mol. The average Bonchev–Trinajstić information content (AvgIpc) is 2.70. The molecule has 0 radical (unpaired) electrons. The second kappa shape index (κ2) is 9.51. The fourth-order valence-corrected chi connectivity index (χ4v) is 2.05. The van der Waals surface area contributed by atoms with Gasteiger partial charge in [-0.2, -0.15) is 0 Å². The fraction of sp³-hybridized carbons (Fsp3) is 0.636. The number of nitrogens with zero attached hydrogens (tertiary/aromatic N) is 3. The number of guanidine groups is 1. The molecule has 0 spiro atoms. The van der Waals surface area contributed by atoms with Crippen LogP contribution in [0.3, 0.4) is 0 Å². The van der Waals surface area contributed by atoms with Gasteiger partial charge >= 0.3 is 0 Å². The first-order valence-corrected chi connectivity index (χ1v) is 6.37. The van der Waals surface area contributed by atoms with Gasteiger partial charge in [0.2, 0.25) is 0 Å². The molecule has 1 aromatic rings. The van der Waals surface area contributed by atoms with Crippen LogP contribution in [0.2, 0.25) is 0 Å². The van der Waals surface area contributed by atoms with Crippen molar-refractivity contribution < 1.29 is 4.74 Å². The summed E-state index contributed by atoms with van der Waals surface area (Å²) in [6.07, 6.45) is 0. The summed E-state index contributed by atoms with van der Waals surface area (Å²) < 4.78 is 4.99. The maximum Gasteiger partial charge on any atom is 0.193 e. The van der Waals surface area contributed by atoms with Gasteiger partial charge in [-0.05, 0) is 6.92 Å². The Hall–Kier alpha value is -0.410. The van der Waals surface area contributed by atoms with Crippen LogP contribution in [0.1, 0.15) is 10.7 Å². The van der Waals surface area contributed by atoms with Crippen LogP contribution in [0.4, 0.5) is 0 Å². The molecule has 1 aromatic heterocycles. The number of aryl methyl sites for hydroxylation is 1. The first-order valence-electron chi connectivity index (χ1n) is 5.49. The molecule has 18 heavy (non-hydrogen) atoms. The lowest BCUT2D eigenvalue weighted by atomic mass is 10.4. The Bertz CT molecular complexity index is 370. The molecule has 0 unspecified atom stereocenters. The van der Waals surface area contributed by atoms with Gasteiger partial charge in [0.15, 0.2) is 5.96 Å². The number of nitrogens with one attached hydrogen (secondary N) is 1. The monoisotopic (exact) mass is 384 g/mol. The Morgan fingerprint density at radius 2 is 2.33 bits per heavy atom. The molecule has 1 heterocycles. The summed E-state index contributed by atoms with van der Waals surface area (Å²) in [4.78, 5) is 10.7. The van der Waals surface area contributed by atoms with Crippen LogP contribution in [0.5, 0.6) is 0 Å². The number of methoxy groups -OCH3 is 1. The van der Waals surface area contributed by atoms with E-state index in [1.807, 2.05) is 18.9 Å². The normalized spacial score (nSPS) is 11.0.